The Hall–Kier alpha value is -3.40. The third kappa shape index (κ3) is 3.81. The Labute approximate surface area is 166 Å². The third-order valence-electron chi connectivity index (χ3n) is 4.46. The summed E-state index contributed by atoms with van der Waals surface area (Å²) < 4.78 is 2.02. The predicted octanol–water partition coefficient (Wildman–Crippen LogP) is 6.07. The quantitative estimate of drug-likeness (QED) is 0.414. The van der Waals surface area contributed by atoms with Crippen molar-refractivity contribution in [2.24, 2.45) is 5.92 Å². The van der Waals surface area contributed by atoms with Crippen LogP contribution in [0.25, 0.3) is 11.4 Å². The van der Waals surface area contributed by atoms with Crippen molar-refractivity contribution in [2.75, 3.05) is 4.90 Å². The number of rotatable bonds is 6. The van der Waals surface area contributed by atoms with Gasteiger partial charge < -0.3 is 0 Å². The maximum atomic E-state index is 4.96. The Balaban J connectivity index is 1.86. The summed E-state index contributed by atoms with van der Waals surface area (Å²) in [5.41, 5.74) is 3.15. The van der Waals surface area contributed by atoms with E-state index in [1.807, 2.05) is 59.3 Å². The molecule has 4 heteroatoms. The second-order valence-corrected chi connectivity index (χ2v) is 7.18. The van der Waals surface area contributed by atoms with E-state index >= 15 is 0 Å². The minimum atomic E-state index is 0.471. The predicted molar refractivity (Wildman–Crippen MR) is 115 cm³/mol. The molecule has 4 nitrogen and oxygen atoms in total. The zero-order valence-electron chi connectivity index (χ0n) is 16.2. The topological polar surface area (TPSA) is 34.0 Å². The van der Waals surface area contributed by atoms with Crippen LogP contribution in [0.4, 0.5) is 17.3 Å². The summed E-state index contributed by atoms with van der Waals surface area (Å²) in [5, 5.41) is 4.91. The molecule has 0 atom stereocenters. The van der Waals surface area contributed by atoms with Gasteiger partial charge in [0.2, 0.25) is 0 Å². The molecule has 0 radical (unpaired) electrons. The number of benzene rings is 3. The van der Waals surface area contributed by atoms with Gasteiger partial charge in [-0.25, -0.2) is 4.68 Å². The molecule has 0 aliphatic rings. The SMILES string of the molecule is CC(C)Cn1nc(N(c2ccccc2)c2ccccc2)nc1-c1ccccc1. The first-order valence-electron chi connectivity index (χ1n) is 9.63. The van der Waals surface area contributed by atoms with Gasteiger partial charge in [-0.2, -0.15) is 4.98 Å². The first-order valence-corrected chi connectivity index (χ1v) is 9.63. The maximum absolute atomic E-state index is 4.96. The summed E-state index contributed by atoms with van der Waals surface area (Å²) in [7, 11) is 0. The Bertz CT molecular complexity index is 969. The normalized spacial score (nSPS) is 11.0. The van der Waals surface area contributed by atoms with E-state index in [0.717, 1.165) is 29.3 Å². The van der Waals surface area contributed by atoms with E-state index in [1.165, 1.54) is 0 Å². The second-order valence-electron chi connectivity index (χ2n) is 7.18. The van der Waals surface area contributed by atoms with Crippen LogP contribution in [0.15, 0.2) is 91.0 Å². The Morgan fingerprint density at radius 3 is 1.75 bits per heavy atom. The van der Waals surface area contributed by atoms with E-state index in [-0.39, 0.29) is 0 Å². The standard InChI is InChI=1S/C24H24N4/c1-19(2)18-27-23(20-12-6-3-7-13-20)25-24(26-27)28(21-14-8-4-9-15-21)22-16-10-5-11-17-22/h3-17,19H,18H2,1-2H3. The first kappa shape index (κ1) is 18.0. The molecular weight excluding hydrogens is 344 g/mol. The van der Waals surface area contributed by atoms with Gasteiger partial charge in [0.05, 0.1) is 0 Å². The van der Waals surface area contributed by atoms with E-state index in [4.69, 9.17) is 10.1 Å². The van der Waals surface area contributed by atoms with Gasteiger partial charge in [0, 0.05) is 23.5 Å². The van der Waals surface area contributed by atoms with Gasteiger partial charge in [0.15, 0.2) is 5.82 Å². The molecular formula is C24H24N4. The molecule has 1 heterocycles. The van der Waals surface area contributed by atoms with Crippen LogP contribution in [0, 0.1) is 5.92 Å². The summed E-state index contributed by atoms with van der Waals surface area (Å²) >= 11 is 0. The molecule has 0 amide bonds. The number of anilines is 3. The van der Waals surface area contributed by atoms with Crippen molar-refractivity contribution in [2.45, 2.75) is 20.4 Å². The average molecular weight is 368 g/mol. The van der Waals surface area contributed by atoms with Crippen molar-refractivity contribution >= 4 is 17.3 Å². The summed E-state index contributed by atoms with van der Waals surface area (Å²) in [6.07, 6.45) is 0. The number of nitrogens with zero attached hydrogens (tertiary/aromatic N) is 4. The van der Waals surface area contributed by atoms with Crippen LogP contribution in [0.3, 0.4) is 0 Å². The molecule has 4 rings (SSSR count). The molecule has 0 N–H and O–H groups in total. The molecule has 0 aliphatic carbocycles. The van der Waals surface area contributed by atoms with Crippen LogP contribution in [0.1, 0.15) is 13.8 Å². The van der Waals surface area contributed by atoms with Crippen molar-refractivity contribution in [1.29, 1.82) is 0 Å². The van der Waals surface area contributed by atoms with Gasteiger partial charge in [-0.05, 0) is 30.2 Å². The zero-order chi connectivity index (χ0) is 19.3. The van der Waals surface area contributed by atoms with Crippen molar-refractivity contribution in [3.63, 3.8) is 0 Å². The lowest BCUT2D eigenvalue weighted by Gasteiger charge is -2.21. The molecule has 140 valence electrons. The maximum Gasteiger partial charge on any atom is 0.254 e. The lowest BCUT2D eigenvalue weighted by atomic mass is 10.2. The van der Waals surface area contributed by atoms with Gasteiger partial charge >= 0.3 is 0 Å². The van der Waals surface area contributed by atoms with E-state index in [0.29, 0.717) is 11.9 Å². The molecule has 3 aromatic carbocycles. The largest absolute Gasteiger partial charge is 0.278 e. The number of aromatic nitrogens is 3. The van der Waals surface area contributed by atoms with E-state index in [1.54, 1.807) is 0 Å². The minimum absolute atomic E-state index is 0.471. The van der Waals surface area contributed by atoms with Gasteiger partial charge in [0.25, 0.3) is 5.95 Å². The highest BCUT2D eigenvalue weighted by molar-refractivity contribution is 5.73. The van der Waals surface area contributed by atoms with Crippen LogP contribution in [-0.2, 0) is 6.54 Å². The van der Waals surface area contributed by atoms with Gasteiger partial charge in [0.1, 0.15) is 0 Å². The summed E-state index contributed by atoms with van der Waals surface area (Å²) in [4.78, 5) is 7.06. The van der Waals surface area contributed by atoms with E-state index in [9.17, 15) is 0 Å². The fourth-order valence-corrected chi connectivity index (χ4v) is 3.23. The molecule has 28 heavy (non-hydrogen) atoms. The summed E-state index contributed by atoms with van der Waals surface area (Å²) in [6, 6.07) is 30.8. The highest BCUT2D eigenvalue weighted by Gasteiger charge is 2.20. The minimum Gasteiger partial charge on any atom is -0.278 e. The Kier molecular flexibility index (Phi) is 5.20. The highest BCUT2D eigenvalue weighted by atomic mass is 15.4. The lowest BCUT2D eigenvalue weighted by molar-refractivity contribution is 0.487. The number of hydrogen-bond acceptors (Lipinski definition) is 3. The Morgan fingerprint density at radius 1 is 0.750 bits per heavy atom. The molecule has 0 spiro atoms. The molecule has 1 aromatic heterocycles. The molecule has 0 saturated carbocycles. The number of hydrogen-bond donors (Lipinski definition) is 0. The molecule has 0 saturated heterocycles. The molecule has 0 bridgehead atoms. The average Bonchev–Trinajstić information content (AvgIpc) is 3.13. The third-order valence-corrected chi connectivity index (χ3v) is 4.46. The molecule has 0 unspecified atom stereocenters. The Morgan fingerprint density at radius 2 is 1.25 bits per heavy atom. The summed E-state index contributed by atoms with van der Waals surface area (Å²) in [5.74, 6) is 2.04. The van der Waals surface area contributed by atoms with Crippen LogP contribution >= 0.6 is 0 Å². The fourth-order valence-electron chi connectivity index (χ4n) is 3.23. The highest BCUT2D eigenvalue weighted by Crippen LogP contribution is 2.33. The second kappa shape index (κ2) is 8.09. The van der Waals surface area contributed by atoms with Gasteiger partial charge in [-0.3, -0.25) is 4.90 Å². The summed E-state index contributed by atoms with van der Waals surface area (Å²) in [6.45, 7) is 5.21. The van der Waals surface area contributed by atoms with E-state index < -0.39 is 0 Å². The van der Waals surface area contributed by atoms with E-state index in [2.05, 4.69) is 55.1 Å². The zero-order valence-corrected chi connectivity index (χ0v) is 16.2. The monoisotopic (exact) mass is 368 g/mol. The van der Waals surface area contributed by atoms with Crippen molar-refractivity contribution in [1.82, 2.24) is 14.8 Å². The molecule has 0 aliphatic heterocycles. The van der Waals surface area contributed by atoms with Crippen LogP contribution in [0.2, 0.25) is 0 Å². The van der Waals surface area contributed by atoms with Crippen molar-refractivity contribution in [3.05, 3.63) is 91.0 Å². The van der Waals surface area contributed by atoms with Crippen LogP contribution < -0.4 is 4.90 Å². The van der Waals surface area contributed by atoms with Crippen LogP contribution in [0.5, 0.6) is 0 Å². The first-order chi connectivity index (χ1) is 13.7. The van der Waals surface area contributed by atoms with Crippen molar-refractivity contribution in [3.8, 4) is 11.4 Å². The fraction of sp³-hybridized carbons (Fsp3) is 0.167. The molecule has 4 aromatic rings. The molecule has 0 fully saturated rings. The number of para-hydroxylation sites is 2. The smallest absolute Gasteiger partial charge is 0.254 e. The van der Waals surface area contributed by atoms with Gasteiger partial charge in [-0.15, -0.1) is 5.10 Å². The van der Waals surface area contributed by atoms with Gasteiger partial charge in [-0.1, -0.05) is 80.6 Å². The lowest BCUT2D eigenvalue weighted by Crippen LogP contribution is -2.13. The van der Waals surface area contributed by atoms with Crippen molar-refractivity contribution < 1.29 is 0 Å². The van der Waals surface area contributed by atoms with Crippen LogP contribution in [-0.4, -0.2) is 14.8 Å².